The van der Waals surface area contributed by atoms with Gasteiger partial charge in [-0.25, -0.2) is 4.98 Å². The highest BCUT2D eigenvalue weighted by atomic mass is 16.1. The van der Waals surface area contributed by atoms with E-state index in [0.29, 0.717) is 18.2 Å². The number of rotatable bonds is 6. The van der Waals surface area contributed by atoms with E-state index in [2.05, 4.69) is 29.5 Å². The number of pyridine rings is 1. The maximum Gasteiger partial charge on any atom is 0.225 e. The largest absolute Gasteiger partial charge is 0.384 e. The Balaban J connectivity index is 2.42. The molecule has 0 spiro atoms. The van der Waals surface area contributed by atoms with E-state index < -0.39 is 0 Å². The van der Waals surface area contributed by atoms with Gasteiger partial charge >= 0.3 is 0 Å². The molecule has 0 aliphatic rings. The van der Waals surface area contributed by atoms with Gasteiger partial charge in [0.2, 0.25) is 5.91 Å². The van der Waals surface area contributed by atoms with Gasteiger partial charge < -0.3 is 10.6 Å². The zero-order valence-corrected chi connectivity index (χ0v) is 10.8. The Bertz CT molecular complexity index is 346. The number of amides is 1. The number of carbonyl (C=O) groups is 1. The first-order valence-corrected chi connectivity index (χ1v) is 6.11. The zero-order chi connectivity index (χ0) is 12.7. The van der Waals surface area contributed by atoms with E-state index in [9.17, 15) is 4.79 Å². The topological polar surface area (TPSA) is 54.0 Å². The van der Waals surface area contributed by atoms with E-state index >= 15 is 0 Å². The van der Waals surface area contributed by atoms with E-state index in [1.54, 1.807) is 6.20 Å². The van der Waals surface area contributed by atoms with Gasteiger partial charge in [0.25, 0.3) is 0 Å². The molecule has 17 heavy (non-hydrogen) atoms. The third-order valence-corrected chi connectivity index (χ3v) is 2.40. The lowest BCUT2D eigenvalue weighted by Gasteiger charge is -2.08. The van der Waals surface area contributed by atoms with Crippen molar-refractivity contribution in [1.82, 2.24) is 4.98 Å². The summed E-state index contributed by atoms with van der Waals surface area (Å²) < 4.78 is 0. The summed E-state index contributed by atoms with van der Waals surface area (Å²) in [6, 6.07) is 3.74. The van der Waals surface area contributed by atoms with E-state index in [4.69, 9.17) is 0 Å². The lowest BCUT2D eigenvalue weighted by molar-refractivity contribution is -0.115. The molecule has 1 amide bonds. The maximum atomic E-state index is 11.1. The molecule has 94 valence electrons. The molecular formula is C13H21N3O. The normalized spacial score (nSPS) is 10.4. The van der Waals surface area contributed by atoms with Crippen LogP contribution in [0, 0.1) is 5.92 Å². The molecule has 0 unspecified atom stereocenters. The van der Waals surface area contributed by atoms with Crippen LogP contribution in [0.3, 0.4) is 0 Å². The number of anilines is 2. The van der Waals surface area contributed by atoms with Crippen molar-refractivity contribution in [1.29, 1.82) is 0 Å². The second kappa shape index (κ2) is 6.89. The summed E-state index contributed by atoms with van der Waals surface area (Å²) in [5, 5.41) is 6.01. The summed E-state index contributed by atoms with van der Waals surface area (Å²) >= 11 is 0. The van der Waals surface area contributed by atoms with Crippen molar-refractivity contribution in [2.75, 3.05) is 17.2 Å². The highest BCUT2D eigenvalue weighted by Crippen LogP contribution is 2.10. The maximum absolute atomic E-state index is 11.1. The van der Waals surface area contributed by atoms with Crippen molar-refractivity contribution in [2.45, 2.75) is 33.6 Å². The highest BCUT2D eigenvalue weighted by Gasteiger charge is 2.00. The third-order valence-electron chi connectivity index (χ3n) is 2.40. The number of hydrogen-bond donors (Lipinski definition) is 2. The van der Waals surface area contributed by atoms with Gasteiger partial charge in [-0.1, -0.05) is 20.8 Å². The summed E-state index contributed by atoms with van der Waals surface area (Å²) in [6.45, 7) is 7.16. The van der Waals surface area contributed by atoms with Crippen LogP contribution in [0.15, 0.2) is 18.3 Å². The molecule has 1 rings (SSSR count). The van der Waals surface area contributed by atoms with Crippen LogP contribution in [0.2, 0.25) is 0 Å². The molecule has 1 aromatic rings. The van der Waals surface area contributed by atoms with Gasteiger partial charge in [0.1, 0.15) is 5.82 Å². The summed E-state index contributed by atoms with van der Waals surface area (Å²) in [4.78, 5) is 15.3. The molecule has 0 radical (unpaired) electrons. The average Bonchev–Trinajstić information content (AvgIpc) is 2.31. The molecule has 4 nitrogen and oxygen atoms in total. The highest BCUT2D eigenvalue weighted by molar-refractivity contribution is 5.89. The fourth-order valence-electron chi connectivity index (χ4n) is 1.31. The SMILES string of the molecule is CCC(=O)Nc1ccc(NCCC(C)C)cn1. The van der Waals surface area contributed by atoms with Gasteiger partial charge in [-0.2, -0.15) is 0 Å². The Morgan fingerprint density at radius 2 is 2.18 bits per heavy atom. The van der Waals surface area contributed by atoms with Gasteiger partial charge in [-0.3, -0.25) is 4.79 Å². The molecule has 1 aromatic heterocycles. The Kier molecular flexibility index (Phi) is 5.46. The van der Waals surface area contributed by atoms with E-state index in [1.165, 1.54) is 0 Å². The minimum Gasteiger partial charge on any atom is -0.384 e. The molecule has 0 saturated heterocycles. The first-order valence-electron chi connectivity index (χ1n) is 6.11. The van der Waals surface area contributed by atoms with Gasteiger partial charge in [-0.15, -0.1) is 0 Å². The van der Waals surface area contributed by atoms with Crippen LogP contribution < -0.4 is 10.6 Å². The summed E-state index contributed by atoms with van der Waals surface area (Å²) in [5.74, 6) is 1.28. The second-order valence-corrected chi connectivity index (χ2v) is 4.44. The first kappa shape index (κ1) is 13.5. The van der Waals surface area contributed by atoms with E-state index in [-0.39, 0.29) is 5.91 Å². The Labute approximate surface area is 103 Å². The number of carbonyl (C=O) groups excluding carboxylic acids is 1. The monoisotopic (exact) mass is 235 g/mol. The first-order chi connectivity index (χ1) is 8.11. The van der Waals surface area contributed by atoms with E-state index in [0.717, 1.165) is 18.7 Å². The number of aromatic nitrogens is 1. The van der Waals surface area contributed by atoms with Crippen molar-refractivity contribution in [3.05, 3.63) is 18.3 Å². The predicted octanol–water partition coefficient (Wildman–Crippen LogP) is 2.89. The standard InChI is InChI=1S/C13H21N3O/c1-4-13(17)16-12-6-5-11(9-15-12)14-8-7-10(2)3/h5-6,9-10,14H,4,7-8H2,1-3H3,(H,15,16,17). The molecule has 0 saturated carbocycles. The summed E-state index contributed by atoms with van der Waals surface area (Å²) in [5.41, 5.74) is 0.986. The molecule has 1 heterocycles. The summed E-state index contributed by atoms with van der Waals surface area (Å²) in [6.07, 6.45) is 3.34. The lowest BCUT2D eigenvalue weighted by Crippen LogP contribution is -2.11. The van der Waals surface area contributed by atoms with Crippen LogP contribution in [-0.4, -0.2) is 17.4 Å². The number of hydrogen-bond acceptors (Lipinski definition) is 3. The fourth-order valence-corrected chi connectivity index (χ4v) is 1.31. The van der Waals surface area contributed by atoms with Crippen LogP contribution in [0.25, 0.3) is 0 Å². The smallest absolute Gasteiger partial charge is 0.225 e. The Morgan fingerprint density at radius 1 is 1.41 bits per heavy atom. The number of nitrogens with one attached hydrogen (secondary N) is 2. The van der Waals surface area contributed by atoms with Crippen molar-refractivity contribution in [2.24, 2.45) is 5.92 Å². The van der Waals surface area contributed by atoms with Crippen LogP contribution >= 0.6 is 0 Å². The lowest BCUT2D eigenvalue weighted by atomic mass is 10.1. The van der Waals surface area contributed by atoms with Crippen molar-refractivity contribution < 1.29 is 4.79 Å². The summed E-state index contributed by atoms with van der Waals surface area (Å²) in [7, 11) is 0. The Morgan fingerprint density at radius 3 is 2.71 bits per heavy atom. The second-order valence-electron chi connectivity index (χ2n) is 4.44. The van der Waals surface area contributed by atoms with Crippen LogP contribution in [-0.2, 0) is 4.79 Å². The van der Waals surface area contributed by atoms with Crippen molar-refractivity contribution in [3.63, 3.8) is 0 Å². The van der Waals surface area contributed by atoms with Crippen LogP contribution in [0.5, 0.6) is 0 Å². The molecule has 0 aliphatic heterocycles. The van der Waals surface area contributed by atoms with Gasteiger partial charge in [0.15, 0.2) is 0 Å². The van der Waals surface area contributed by atoms with E-state index in [1.807, 2.05) is 19.1 Å². The molecule has 4 heteroatoms. The third kappa shape index (κ3) is 5.33. The minimum absolute atomic E-state index is 0.0157. The van der Waals surface area contributed by atoms with Crippen molar-refractivity contribution in [3.8, 4) is 0 Å². The van der Waals surface area contributed by atoms with Crippen molar-refractivity contribution >= 4 is 17.4 Å². The molecule has 0 bridgehead atoms. The minimum atomic E-state index is -0.0157. The molecule has 0 aromatic carbocycles. The number of nitrogens with zero attached hydrogens (tertiary/aromatic N) is 1. The van der Waals surface area contributed by atoms with Crippen LogP contribution in [0.1, 0.15) is 33.6 Å². The molecule has 2 N–H and O–H groups in total. The molecular weight excluding hydrogens is 214 g/mol. The molecule has 0 fully saturated rings. The molecule has 0 atom stereocenters. The average molecular weight is 235 g/mol. The predicted molar refractivity (Wildman–Crippen MR) is 71.1 cm³/mol. The van der Waals surface area contributed by atoms with Crippen LogP contribution in [0.4, 0.5) is 11.5 Å². The molecule has 0 aliphatic carbocycles. The van der Waals surface area contributed by atoms with Gasteiger partial charge in [0.05, 0.1) is 11.9 Å². The fraction of sp³-hybridized carbons (Fsp3) is 0.538. The zero-order valence-electron chi connectivity index (χ0n) is 10.8. The quantitative estimate of drug-likeness (QED) is 0.797. The Hall–Kier alpha value is -1.58. The van der Waals surface area contributed by atoms with Gasteiger partial charge in [0, 0.05) is 13.0 Å². The van der Waals surface area contributed by atoms with Gasteiger partial charge in [-0.05, 0) is 24.5 Å².